The molecule has 5 rings (SSSR count). The van der Waals surface area contributed by atoms with Gasteiger partial charge in [0.15, 0.2) is 5.82 Å². The highest BCUT2D eigenvalue weighted by molar-refractivity contribution is 5.75. The Morgan fingerprint density at radius 1 is 1.17 bits per heavy atom. The predicted octanol–water partition coefficient (Wildman–Crippen LogP) is 3.50. The van der Waals surface area contributed by atoms with Crippen molar-refractivity contribution in [3.63, 3.8) is 0 Å². The van der Waals surface area contributed by atoms with Crippen molar-refractivity contribution in [2.45, 2.75) is 25.3 Å². The van der Waals surface area contributed by atoms with Crippen LogP contribution in [0.15, 0.2) is 42.9 Å². The maximum absolute atomic E-state index is 5.44. The number of fused-ring (bicyclic) bond motifs is 1. The Hall–Kier alpha value is -3.46. The van der Waals surface area contributed by atoms with Crippen LogP contribution in [0.5, 0.6) is 0 Å². The molecule has 1 aliphatic rings. The van der Waals surface area contributed by atoms with E-state index in [1.807, 2.05) is 18.2 Å². The minimum atomic E-state index is 0.0392. The fourth-order valence-electron chi connectivity index (χ4n) is 3.52. The summed E-state index contributed by atoms with van der Waals surface area (Å²) in [4.78, 5) is 16.3. The van der Waals surface area contributed by atoms with Gasteiger partial charge in [-0.15, -0.1) is 0 Å². The van der Waals surface area contributed by atoms with Crippen molar-refractivity contribution in [3.8, 4) is 0 Å². The van der Waals surface area contributed by atoms with Gasteiger partial charge < -0.3 is 20.4 Å². The van der Waals surface area contributed by atoms with Crippen molar-refractivity contribution in [2.24, 2.45) is 0 Å². The molecule has 1 aromatic carbocycles. The fourth-order valence-corrected chi connectivity index (χ4v) is 3.52. The second-order valence-corrected chi connectivity index (χ2v) is 7.20. The first-order valence-corrected chi connectivity index (χ1v) is 9.67. The van der Waals surface area contributed by atoms with E-state index in [-0.39, 0.29) is 6.04 Å². The molecule has 1 saturated heterocycles. The number of hydrogen-bond donors (Lipinski definition) is 4. The van der Waals surface area contributed by atoms with Crippen molar-refractivity contribution in [1.29, 1.82) is 0 Å². The average molecular weight is 390 g/mol. The topological polar surface area (TPSA) is 116 Å². The largest absolute Gasteiger partial charge is 0.381 e. The number of rotatable bonds is 6. The number of imidazole rings is 1. The molecule has 0 radical (unpaired) electrons. The van der Waals surface area contributed by atoms with Crippen LogP contribution in [0.4, 0.5) is 17.6 Å². The highest BCUT2D eigenvalue weighted by Gasteiger charge is 2.20. The Morgan fingerprint density at radius 3 is 3.03 bits per heavy atom. The first-order valence-electron chi connectivity index (χ1n) is 9.67. The van der Waals surface area contributed by atoms with Gasteiger partial charge in [0.05, 0.1) is 30.0 Å². The molecule has 148 valence electrons. The van der Waals surface area contributed by atoms with Crippen LogP contribution in [-0.4, -0.2) is 43.3 Å². The quantitative estimate of drug-likeness (QED) is 0.398. The van der Waals surface area contributed by atoms with Gasteiger partial charge in [-0.1, -0.05) is 6.07 Å². The normalized spacial score (nSPS) is 17.5. The second kappa shape index (κ2) is 7.51. The lowest BCUT2D eigenvalue weighted by atomic mass is 10.1. The molecule has 0 amide bonds. The van der Waals surface area contributed by atoms with Crippen molar-refractivity contribution in [2.75, 3.05) is 23.8 Å². The summed E-state index contributed by atoms with van der Waals surface area (Å²) in [5.41, 5.74) is 4.17. The first kappa shape index (κ1) is 17.6. The monoisotopic (exact) mass is 390 g/mol. The third-order valence-corrected chi connectivity index (χ3v) is 5.17. The summed E-state index contributed by atoms with van der Waals surface area (Å²) in [5.74, 6) is 2.34. The molecular weight excluding hydrogens is 368 g/mol. The van der Waals surface area contributed by atoms with Gasteiger partial charge in [-0.2, -0.15) is 10.1 Å². The summed E-state index contributed by atoms with van der Waals surface area (Å²) in [6.45, 7) is 3.62. The molecule has 0 spiro atoms. The summed E-state index contributed by atoms with van der Waals surface area (Å²) in [6, 6.07) is 10.0. The highest BCUT2D eigenvalue weighted by atomic mass is 16.5. The lowest BCUT2D eigenvalue weighted by molar-refractivity contribution is 0.193. The van der Waals surface area contributed by atoms with Crippen LogP contribution in [0.2, 0.25) is 0 Å². The summed E-state index contributed by atoms with van der Waals surface area (Å²) in [5, 5.41) is 14.0. The molecule has 0 saturated carbocycles. The molecule has 1 fully saturated rings. The minimum absolute atomic E-state index is 0.0392. The van der Waals surface area contributed by atoms with Crippen LogP contribution >= 0.6 is 0 Å². The number of nitrogens with one attached hydrogen (secondary N) is 4. The average Bonchev–Trinajstić information content (AvgIpc) is 3.48. The smallest absolute Gasteiger partial charge is 0.225 e. The number of benzene rings is 1. The Balaban J connectivity index is 1.28. The summed E-state index contributed by atoms with van der Waals surface area (Å²) in [7, 11) is 0. The van der Waals surface area contributed by atoms with E-state index in [4.69, 9.17) is 4.74 Å². The van der Waals surface area contributed by atoms with E-state index in [2.05, 4.69) is 59.8 Å². The Labute approximate surface area is 167 Å². The second-order valence-electron chi connectivity index (χ2n) is 7.20. The Morgan fingerprint density at radius 2 is 2.14 bits per heavy atom. The zero-order valence-corrected chi connectivity index (χ0v) is 16.0. The maximum atomic E-state index is 5.44. The van der Waals surface area contributed by atoms with Gasteiger partial charge in [0.1, 0.15) is 5.82 Å². The number of anilines is 3. The van der Waals surface area contributed by atoms with E-state index in [1.54, 1.807) is 12.5 Å². The number of ether oxygens (including phenoxy) is 1. The number of nitrogens with zero attached hydrogens (tertiary/aromatic N) is 4. The first-order chi connectivity index (χ1) is 14.2. The minimum Gasteiger partial charge on any atom is -0.381 e. The van der Waals surface area contributed by atoms with Gasteiger partial charge in [-0.05, 0) is 37.1 Å². The predicted molar refractivity (Wildman–Crippen MR) is 110 cm³/mol. The molecule has 29 heavy (non-hydrogen) atoms. The van der Waals surface area contributed by atoms with E-state index in [9.17, 15) is 0 Å². The van der Waals surface area contributed by atoms with Crippen LogP contribution in [0, 0.1) is 0 Å². The molecule has 4 heterocycles. The van der Waals surface area contributed by atoms with E-state index in [0.717, 1.165) is 47.7 Å². The van der Waals surface area contributed by atoms with Crippen molar-refractivity contribution >= 4 is 28.6 Å². The molecule has 9 nitrogen and oxygen atoms in total. The molecule has 1 aliphatic heterocycles. The fraction of sp³-hybridized carbons (Fsp3) is 0.300. The SMILES string of the molecule is CC(Nc1nccc(Nc2cc(C3CCOC3)[nH]n2)n1)c1ccc2nc[nH]c2c1. The summed E-state index contributed by atoms with van der Waals surface area (Å²) >= 11 is 0. The standard InChI is InChI=1S/C20H22N8O/c1-12(13-2-3-15-17(8-13)23-11-22-15)24-20-21-6-4-18(26-20)25-19-9-16(27-28-19)14-5-7-29-10-14/h2-4,6,8-9,11-12,14H,5,7,10H2,1H3,(H,22,23)(H3,21,24,25,26,27,28). The third-order valence-electron chi connectivity index (χ3n) is 5.17. The van der Waals surface area contributed by atoms with Gasteiger partial charge in [0, 0.05) is 30.5 Å². The number of hydrogen-bond acceptors (Lipinski definition) is 7. The van der Waals surface area contributed by atoms with Gasteiger partial charge in [-0.25, -0.2) is 9.97 Å². The molecule has 3 aromatic heterocycles. The van der Waals surface area contributed by atoms with Crippen LogP contribution < -0.4 is 10.6 Å². The third kappa shape index (κ3) is 3.77. The molecule has 0 bridgehead atoms. The van der Waals surface area contributed by atoms with Gasteiger partial charge in [0.25, 0.3) is 0 Å². The highest BCUT2D eigenvalue weighted by Crippen LogP contribution is 2.26. The van der Waals surface area contributed by atoms with Crippen LogP contribution in [0.3, 0.4) is 0 Å². The molecule has 4 N–H and O–H groups in total. The number of aromatic amines is 2. The molecule has 2 atom stereocenters. The van der Waals surface area contributed by atoms with Gasteiger partial charge in [0.2, 0.25) is 5.95 Å². The molecular formula is C20H22N8O. The summed E-state index contributed by atoms with van der Waals surface area (Å²) in [6.07, 6.45) is 4.44. The van der Waals surface area contributed by atoms with Gasteiger partial charge in [-0.3, -0.25) is 5.10 Å². The van der Waals surface area contributed by atoms with E-state index < -0.39 is 0 Å². The Kier molecular flexibility index (Phi) is 4.57. The van der Waals surface area contributed by atoms with E-state index in [0.29, 0.717) is 17.7 Å². The van der Waals surface area contributed by atoms with Crippen molar-refractivity contribution in [3.05, 3.63) is 54.1 Å². The van der Waals surface area contributed by atoms with Crippen LogP contribution in [-0.2, 0) is 4.74 Å². The zero-order valence-electron chi connectivity index (χ0n) is 16.0. The lowest BCUT2D eigenvalue weighted by Gasteiger charge is -2.14. The van der Waals surface area contributed by atoms with Crippen LogP contribution in [0.25, 0.3) is 11.0 Å². The zero-order chi connectivity index (χ0) is 19.6. The molecule has 0 aliphatic carbocycles. The Bertz CT molecular complexity index is 1110. The molecule has 4 aromatic rings. The number of H-pyrrole nitrogens is 2. The van der Waals surface area contributed by atoms with Crippen molar-refractivity contribution < 1.29 is 4.74 Å². The van der Waals surface area contributed by atoms with E-state index in [1.165, 1.54) is 0 Å². The maximum Gasteiger partial charge on any atom is 0.225 e. The van der Waals surface area contributed by atoms with E-state index >= 15 is 0 Å². The number of aromatic nitrogens is 6. The van der Waals surface area contributed by atoms with Crippen molar-refractivity contribution in [1.82, 2.24) is 30.1 Å². The van der Waals surface area contributed by atoms with Gasteiger partial charge >= 0.3 is 0 Å². The van der Waals surface area contributed by atoms with Crippen LogP contribution in [0.1, 0.15) is 36.6 Å². The summed E-state index contributed by atoms with van der Waals surface area (Å²) < 4.78 is 5.44. The molecule has 9 heteroatoms. The lowest BCUT2D eigenvalue weighted by Crippen LogP contribution is -2.10. The molecule has 2 unspecified atom stereocenters.